The molecule has 0 aliphatic carbocycles. The quantitative estimate of drug-likeness (QED) is 0.877. The molecule has 3 nitrogen and oxygen atoms in total. The van der Waals surface area contributed by atoms with E-state index in [2.05, 4.69) is 66.4 Å². The number of imidazole rings is 1. The zero-order valence-corrected chi connectivity index (χ0v) is 14.2. The van der Waals surface area contributed by atoms with Crippen molar-refractivity contribution in [3.05, 3.63) is 34.1 Å². The van der Waals surface area contributed by atoms with Crippen molar-refractivity contribution < 1.29 is 0 Å². The zero-order chi connectivity index (χ0) is 14.9. The van der Waals surface area contributed by atoms with Crippen molar-refractivity contribution >= 4 is 21.7 Å². The molecule has 108 valence electrons. The van der Waals surface area contributed by atoms with Gasteiger partial charge in [-0.1, -0.05) is 28.9 Å². The fraction of sp³-hybridized carbons (Fsp3) is 0.438. The van der Waals surface area contributed by atoms with E-state index in [4.69, 9.17) is 10.7 Å². The summed E-state index contributed by atoms with van der Waals surface area (Å²) in [5.41, 5.74) is 9.52. The van der Waals surface area contributed by atoms with E-state index in [0.29, 0.717) is 6.04 Å². The first-order valence-electron chi connectivity index (χ1n) is 7.08. The van der Waals surface area contributed by atoms with Gasteiger partial charge in [0.15, 0.2) is 0 Å². The summed E-state index contributed by atoms with van der Waals surface area (Å²) in [5, 5.41) is 0. The Labute approximate surface area is 129 Å². The molecule has 0 saturated heterocycles. The molecule has 2 rings (SSSR count). The second kappa shape index (κ2) is 6.00. The highest BCUT2D eigenvalue weighted by atomic mass is 79.9. The lowest BCUT2D eigenvalue weighted by Crippen LogP contribution is -2.09. The van der Waals surface area contributed by atoms with Crippen LogP contribution in [0.5, 0.6) is 0 Å². The second-order valence-electron chi connectivity index (χ2n) is 5.44. The Morgan fingerprint density at radius 1 is 1.35 bits per heavy atom. The monoisotopic (exact) mass is 335 g/mol. The smallest absolute Gasteiger partial charge is 0.131 e. The summed E-state index contributed by atoms with van der Waals surface area (Å²) in [7, 11) is 0. The first-order valence-corrected chi connectivity index (χ1v) is 7.88. The Hall–Kier alpha value is -1.29. The number of aryl methyl sites for hydroxylation is 2. The first-order chi connectivity index (χ1) is 9.45. The van der Waals surface area contributed by atoms with Crippen LogP contribution in [0.2, 0.25) is 0 Å². The number of nitrogens with zero attached hydrogens (tertiary/aromatic N) is 2. The third-order valence-corrected chi connectivity index (χ3v) is 4.33. The van der Waals surface area contributed by atoms with Gasteiger partial charge in [0.05, 0.1) is 0 Å². The molecule has 1 heterocycles. The molecular weight excluding hydrogens is 314 g/mol. The summed E-state index contributed by atoms with van der Waals surface area (Å²) in [4.78, 5) is 4.78. The minimum Gasteiger partial charge on any atom is -0.383 e. The maximum absolute atomic E-state index is 6.34. The summed E-state index contributed by atoms with van der Waals surface area (Å²) in [6, 6.07) is 6.58. The van der Waals surface area contributed by atoms with Gasteiger partial charge in [-0.25, -0.2) is 4.98 Å². The fourth-order valence-electron chi connectivity index (χ4n) is 2.47. The largest absolute Gasteiger partial charge is 0.383 e. The number of rotatable bonds is 4. The van der Waals surface area contributed by atoms with Crippen LogP contribution in [0.25, 0.3) is 11.3 Å². The summed E-state index contributed by atoms with van der Waals surface area (Å²) in [5.74, 6) is 1.85. The van der Waals surface area contributed by atoms with Crippen LogP contribution in [0.15, 0.2) is 22.7 Å². The standard InChI is InChI=1S/C16H22BrN3/c1-5-6-14-19-15(16(18)20(14)10(2)3)12-7-8-13(17)11(4)9-12/h7-10H,5-6,18H2,1-4H3. The van der Waals surface area contributed by atoms with E-state index in [1.54, 1.807) is 0 Å². The van der Waals surface area contributed by atoms with Gasteiger partial charge in [-0.2, -0.15) is 0 Å². The SMILES string of the molecule is CCCc1nc(-c2ccc(Br)c(C)c2)c(N)n1C(C)C. The highest BCUT2D eigenvalue weighted by Gasteiger charge is 2.17. The molecule has 0 atom stereocenters. The van der Waals surface area contributed by atoms with Crippen LogP contribution in [0.1, 0.15) is 44.6 Å². The maximum atomic E-state index is 6.34. The molecule has 0 fully saturated rings. The van der Waals surface area contributed by atoms with Crippen LogP contribution in [0.3, 0.4) is 0 Å². The predicted octanol–water partition coefficient (Wildman–Crippen LogP) is 4.74. The lowest BCUT2D eigenvalue weighted by atomic mass is 10.1. The van der Waals surface area contributed by atoms with Crippen molar-refractivity contribution in [1.82, 2.24) is 9.55 Å². The van der Waals surface area contributed by atoms with Gasteiger partial charge in [0.25, 0.3) is 0 Å². The van der Waals surface area contributed by atoms with E-state index >= 15 is 0 Å². The minimum absolute atomic E-state index is 0.328. The molecule has 4 heteroatoms. The molecule has 20 heavy (non-hydrogen) atoms. The van der Waals surface area contributed by atoms with E-state index in [1.165, 1.54) is 5.56 Å². The summed E-state index contributed by atoms with van der Waals surface area (Å²) >= 11 is 3.53. The topological polar surface area (TPSA) is 43.8 Å². The Morgan fingerprint density at radius 3 is 2.60 bits per heavy atom. The number of nitrogens with two attached hydrogens (primary N) is 1. The molecule has 0 spiro atoms. The Balaban J connectivity index is 2.56. The van der Waals surface area contributed by atoms with E-state index in [1.807, 2.05) is 0 Å². The van der Waals surface area contributed by atoms with Gasteiger partial charge < -0.3 is 10.3 Å². The van der Waals surface area contributed by atoms with E-state index < -0.39 is 0 Å². The Bertz CT molecular complexity index is 614. The third-order valence-electron chi connectivity index (χ3n) is 3.44. The van der Waals surface area contributed by atoms with Gasteiger partial charge in [0.2, 0.25) is 0 Å². The molecule has 1 aromatic carbocycles. The molecule has 1 aromatic heterocycles. The van der Waals surface area contributed by atoms with Gasteiger partial charge >= 0.3 is 0 Å². The van der Waals surface area contributed by atoms with Gasteiger partial charge in [0.1, 0.15) is 17.3 Å². The first kappa shape index (κ1) is 15.1. The molecule has 0 saturated carbocycles. The number of halogens is 1. The van der Waals surface area contributed by atoms with Crippen molar-refractivity contribution in [2.24, 2.45) is 0 Å². The molecule has 0 radical (unpaired) electrons. The van der Waals surface area contributed by atoms with Crippen LogP contribution in [0, 0.1) is 6.92 Å². The van der Waals surface area contributed by atoms with Crippen LogP contribution in [-0.4, -0.2) is 9.55 Å². The highest BCUT2D eigenvalue weighted by Crippen LogP contribution is 2.31. The van der Waals surface area contributed by atoms with E-state index in [9.17, 15) is 0 Å². The van der Waals surface area contributed by atoms with E-state index in [0.717, 1.165) is 40.2 Å². The number of hydrogen-bond donors (Lipinski definition) is 1. The van der Waals surface area contributed by atoms with Crippen LogP contribution in [-0.2, 0) is 6.42 Å². The van der Waals surface area contributed by atoms with Gasteiger partial charge in [-0.15, -0.1) is 0 Å². The lowest BCUT2D eigenvalue weighted by molar-refractivity contribution is 0.571. The normalized spacial score (nSPS) is 11.3. The third kappa shape index (κ3) is 2.75. The summed E-state index contributed by atoms with van der Waals surface area (Å²) in [6.07, 6.45) is 2.03. The van der Waals surface area contributed by atoms with Gasteiger partial charge in [0, 0.05) is 22.5 Å². The second-order valence-corrected chi connectivity index (χ2v) is 6.29. The average Bonchev–Trinajstić information content (AvgIpc) is 2.70. The molecule has 0 aliphatic heterocycles. The highest BCUT2D eigenvalue weighted by molar-refractivity contribution is 9.10. The van der Waals surface area contributed by atoms with Gasteiger partial charge in [-0.3, -0.25) is 0 Å². The molecular formula is C16H22BrN3. The van der Waals surface area contributed by atoms with Crippen molar-refractivity contribution in [2.75, 3.05) is 5.73 Å². The molecule has 2 aromatic rings. The Morgan fingerprint density at radius 2 is 2.05 bits per heavy atom. The predicted molar refractivity (Wildman–Crippen MR) is 88.9 cm³/mol. The van der Waals surface area contributed by atoms with Crippen LogP contribution in [0.4, 0.5) is 5.82 Å². The molecule has 0 bridgehead atoms. The van der Waals surface area contributed by atoms with Crippen LogP contribution < -0.4 is 5.73 Å². The molecule has 2 N–H and O–H groups in total. The number of nitrogen functional groups attached to an aromatic ring is 1. The molecule has 0 unspecified atom stereocenters. The molecule has 0 aliphatic rings. The number of aromatic nitrogens is 2. The van der Waals surface area contributed by atoms with Crippen molar-refractivity contribution in [1.29, 1.82) is 0 Å². The van der Waals surface area contributed by atoms with Crippen molar-refractivity contribution in [2.45, 2.75) is 46.6 Å². The van der Waals surface area contributed by atoms with Crippen LogP contribution >= 0.6 is 15.9 Å². The molecule has 0 amide bonds. The number of anilines is 1. The van der Waals surface area contributed by atoms with Gasteiger partial charge in [-0.05, 0) is 44.9 Å². The number of benzene rings is 1. The Kier molecular flexibility index (Phi) is 4.53. The number of hydrogen-bond acceptors (Lipinski definition) is 2. The van der Waals surface area contributed by atoms with Crippen molar-refractivity contribution in [3.8, 4) is 11.3 Å². The summed E-state index contributed by atoms with van der Waals surface area (Å²) in [6.45, 7) is 8.54. The maximum Gasteiger partial charge on any atom is 0.131 e. The summed E-state index contributed by atoms with van der Waals surface area (Å²) < 4.78 is 3.26. The average molecular weight is 336 g/mol. The fourth-order valence-corrected chi connectivity index (χ4v) is 2.72. The lowest BCUT2D eigenvalue weighted by Gasteiger charge is -2.13. The minimum atomic E-state index is 0.328. The van der Waals surface area contributed by atoms with Crippen molar-refractivity contribution in [3.63, 3.8) is 0 Å². The van der Waals surface area contributed by atoms with E-state index in [-0.39, 0.29) is 0 Å². The zero-order valence-electron chi connectivity index (χ0n) is 12.6.